The molecule has 0 spiro atoms. The van der Waals surface area contributed by atoms with Crippen LogP contribution in [-0.2, 0) is 6.61 Å². The summed E-state index contributed by atoms with van der Waals surface area (Å²) in [6.45, 7) is -0.173. The lowest BCUT2D eigenvalue weighted by atomic mass is 10.1. The minimum atomic E-state index is -0.680. The maximum atomic E-state index is 14.1. The van der Waals surface area contributed by atoms with Crippen molar-refractivity contribution in [2.24, 2.45) is 0 Å². The van der Waals surface area contributed by atoms with Crippen LogP contribution >= 0.6 is 23.2 Å². The van der Waals surface area contributed by atoms with Crippen molar-refractivity contribution in [3.8, 4) is 17.1 Å². The number of aromatic nitrogens is 4. The van der Waals surface area contributed by atoms with Crippen LogP contribution in [0.15, 0.2) is 30.3 Å². The number of benzene rings is 2. The highest BCUT2D eigenvalue weighted by atomic mass is 35.5. The molecule has 0 bridgehead atoms. The zero-order valence-corrected chi connectivity index (χ0v) is 12.9. The fourth-order valence-electron chi connectivity index (χ4n) is 1.87. The molecular formula is C14H8Cl2F2N4O. The fraction of sp³-hybridized carbons (Fsp3) is 0.0714. The van der Waals surface area contributed by atoms with Gasteiger partial charge in [0.25, 0.3) is 0 Å². The molecule has 0 aliphatic carbocycles. The summed E-state index contributed by atoms with van der Waals surface area (Å²) >= 11 is 11.7. The second-order valence-electron chi connectivity index (χ2n) is 4.52. The fourth-order valence-corrected chi connectivity index (χ4v) is 2.16. The predicted molar refractivity (Wildman–Crippen MR) is 80.3 cm³/mol. The molecule has 0 saturated carbocycles. The van der Waals surface area contributed by atoms with E-state index in [0.717, 1.165) is 12.1 Å². The minimum Gasteiger partial charge on any atom is -0.489 e. The SMILES string of the molecule is Fc1cc(-c2nn[nH]n2)c(F)cc1COc1ccc(Cl)c(Cl)c1. The Balaban J connectivity index is 1.81. The van der Waals surface area contributed by atoms with E-state index in [1.165, 1.54) is 6.07 Å². The standard InChI is InChI=1S/C14H8Cl2F2N4O/c15-10-2-1-8(4-11(10)16)23-6-7-3-13(18)9(5-12(7)17)14-19-21-22-20-14/h1-5H,6H2,(H,19,20,21,22). The number of rotatable bonds is 4. The van der Waals surface area contributed by atoms with Crippen molar-refractivity contribution in [3.63, 3.8) is 0 Å². The molecular weight excluding hydrogens is 349 g/mol. The van der Waals surface area contributed by atoms with Gasteiger partial charge < -0.3 is 4.74 Å². The van der Waals surface area contributed by atoms with Gasteiger partial charge in [-0.25, -0.2) is 8.78 Å². The Labute approximate surface area is 139 Å². The molecule has 0 fully saturated rings. The van der Waals surface area contributed by atoms with Gasteiger partial charge in [-0.15, -0.1) is 10.2 Å². The summed E-state index contributed by atoms with van der Waals surface area (Å²) in [7, 11) is 0. The highest BCUT2D eigenvalue weighted by Gasteiger charge is 2.15. The van der Waals surface area contributed by atoms with Crippen molar-refractivity contribution in [1.29, 1.82) is 0 Å². The quantitative estimate of drug-likeness (QED) is 0.766. The summed E-state index contributed by atoms with van der Waals surface area (Å²) in [6, 6.07) is 6.64. The number of hydrogen-bond acceptors (Lipinski definition) is 4. The van der Waals surface area contributed by atoms with Crippen LogP contribution in [0.25, 0.3) is 11.4 Å². The zero-order valence-electron chi connectivity index (χ0n) is 11.4. The Kier molecular flexibility index (Phi) is 4.40. The van der Waals surface area contributed by atoms with Crippen molar-refractivity contribution in [3.05, 3.63) is 57.6 Å². The largest absolute Gasteiger partial charge is 0.489 e. The number of tetrazole rings is 1. The van der Waals surface area contributed by atoms with Crippen molar-refractivity contribution in [1.82, 2.24) is 20.6 Å². The smallest absolute Gasteiger partial charge is 0.207 e. The van der Waals surface area contributed by atoms with Crippen LogP contribution in [0.1, 0.15) is 5.56 Å². The first kappa shape index (κ1) is 15.6. The maximum Gasteiger partial charge on any atom is 0.207 e. The van der Waals surface area contributed by atoms with E-state index < -0.39 is 11.6 Å². The van der Waals surface area contributed by atoms with Crippen LogP contribution in [0, 0.1) is 11.6 Å². The number of nitrogens with one attached hydrogen (secondary N) is 1. The summed E-state index contributed by atoms with van der Waals surface area (Å²) in [6.07, 6.45) is 0. The van der Waals surface area contributed by atoms with Crippen molar-refractivity contribution in [2.45, 2.75) is 6.61 Å². The molecule has 0 saturated heterocycles. The van der Waals surface area contributed by atoms with Gasteiger partial charge in [0.05, 0.1) is 15.6 Å². The number of nitrogens with zero attached hydrogens (tertiary/aromatic N) is 3. The third kappa shape index (κ3) is 3.40. The molecule has 0 atom stereocenters. The van der Waals surface area contributed by atoms with Gasteiger partial charge in [-0.2, -0.15) is 5.21 Å². The zero-order chi connectivity index (χ0) is 16.4. The van der Waals surface area contributed by atoms with Gasteiger partial charge >= 0.3 is 0 Å². The first-order valence-electron chi connectivity index (χ1n) is 6.34. The van der Waals surface area contributed by atoms with Gasteiger partial charge in [-0.3, -0.25) is 0 Å². The van der Waals surface area contributed by atoms with Crippen molar-refractivity contribution < 1.29 is 13.5 Å². The molecule has 3 rings (SSSR count). The third-order valence-corrected chi connectivity index (χ3v) is 3.75. The van der Waals surface area contributed by atoms with Crippen LogP contribution < -0.4 is 4.74 Å². The Hall–Kier alpha value is -2.25. The van der Waals surface area contributed by atoms with Gasteiger partial charge in [0.2, 0.25) is 5.82 Å². The number of hydrogen-bond donors (Lipinski definition) is 1. The van der Waals surface area contributed by atoms with E-state index in [-0.39, 0.29) is 23.6 Å². The van der Waals surface area contributed by atoms with Gasteiger partial charge in [-0.1, -0.05) is 23.2 Å². The molecule has 2 aromatic carbocycles. The Morgan fingerprint density at radius 3 is 2.57 bits per heavy atom. The maximum absolute atomic E-state index is 14.1. The lowest BCUT2D eigenvalue weighted by Crippen LogP contribution is -2.01. The Morgan fingerprint density at radius 1 is 1.04 bits per heavy atom. The third-order valence-electron chi connectivity index (χ3n) is 3.01. The first-order valence-corrected chi connectivity index (χ1v) is 7.10. The second-order valence-corrected chi connectivity index (χ2v) is 5.34. The van der Waals surface area contributed by atoms with E-state index >= 15 is 0 Å². The molecule has 0 amide bonds. The lowest BCUT2D eigenvalue weighted by Gasteiger charge is -2.09. The summed E-state index contributed by atoms with van der Waals surface area (Å²) in [5.41, 5.74) is -0.0460. The molecule has 3 aromatic rings. The van der Waals surface area contributed by atoms with Crippen LogP contribution in [-0.4, -0.2) is 20.6 Å². The van der Waals surface area contributed by atoms with Gasteiger partial charge in [-0.05, 0) is 29.5 Å². The monoisotopic (exact) mass is 356 g/mol. The number of H-pyrrole nitrogens is 1. The molecule has 23 heavy (non-hydrogen) atoms. The second kappa shape index (κ2) is 6.47. The number of aromatic amines is 1. The van der Waals surface area contributed by atoms with Gasteiger partial charge in [0, 0.05) is 11.6 Å². The number of ether oxygens (including phenoxy) is 1. The van der Waals surface area contributed by atoms with Crippen LogP contribution in [0.3, 0.4) is 0 Å². The average Bonchev–Trinajstić information content (AvgIpc) is 3.05. The van der Waals surface area contributed by atoms with Crippen LogP contribution in [0.5, 0.6) is 5.75 Å². The highest BCUT2D eigenvalue weighted by Crippen LogP contribution is 2.28. The molecule has 5 nitrogen and oxygen atoms in total. The van der Waals surface area contributed by atoms with E-state index in [2.05, 4.69) is 20.6 Å². The van der Waals surface area contributed by atoms with E-state index in [4.69, 9.17) is 27.9 Å². The molecule has 1 heterocycles. The number of halogens is 4. The van der Waals surface area contributed by atoms with E-state index in [1.54, 1.807) is 12.1 Å². The topological polar surface area (TPSA) is 63.7 Å². The van der Waals surface area contributed by atoms with E-state index in [9.17, 15) is 8.78 Å². The van der Waals surface area contributed by atoms with Crippen molar-refractivity contribution >= 4 is 23.2 Å². The summed E-state index contributed by atoms with van der Waals surface area (Å²) in [5, 5.41) is 13.4. The lowest BCUT2D eigenvalue weighted by molar-refractivity contribution is 0.299. The van der Waals surface area contributed by atoms with Gasteiger partial charge in [0.1, 0.15) is 24.0 Å². The molecule has 0 aliphatic rings. The van der Waals surface area contributed by atoms with E-state index in [1.807, 2.05) is 0 Å². The minimum absolute atomic E-state index is 0.0293. The van der Waals surface area contributed by atoms with Crippen LogP contribution in [0.4, 0.5) is 8.78 Å². The molecule has 0 unspecified atom stereocenters. The van der Waals surface area contributed by atoms with E-state index in [0.29, 0.717) is 15.8 Å². The summed E-state index contributed by atoms with van der Waals surface area (Å²) < 4.78 is 33.5. The molecule has 0 aliphatic heterocycles. The molecule has 0 radical (unpaired) electrons. The molecule has 9 heteroatoms. The summed E-state index contributed by atoms with van der Waals surface area (Å²) in [5.74, 6) is -0.966. The van der Waals surface area contributed by atoms with Crippen LogP contribution in [0.2, 0.25) is 10.0 Å². The average molecular weight is 357 g/mol. The summed E-state index contributed by atoms with van der Waals surface area (Å²) in [4.78, 5) is 0. The normalized spacial score (nSPS) is 10.8. The predicted octanol–water partition coefficient (Wildman–Crippen LogP) is 4.03. The Bertz CT molecular complexity index is 843. The van der Waals surface area contributed by atoms with Gasteiger partial charge in [0.15, 0.2) is 0 Å². The molecule has 118 valence electrons. The molecule has 1 N–H and O–H groups in total. The highest BCUT2D eigenvalue weighted by molar-refractivity contribution is 6.42. The first-order chi connectivity index (χ1) is 11.0. The molecule has 1 aromatic heterocycles. The Morgan fingerprint density at radius 2 is 1.87 bits per heavy atom. The van der Waals surface area contributed by atoms with Crippen molar-refractivity contribution in [2.75, 3.05) is 0 Å².